The van der Waals surface area contributed by atoms with Gasteiger partial charge in [-0.15, -0.1) is 0 Å². The molecule has 0 aliphatic heterocycles. The van der Waals surface area contributed by atoms with Crippen molar-refractivity contribution in [3.8, 4) is 0 Å². The van der Waals surface area contributed by atoms with Gasteiger partial charge in [-0.2, -0.15) is 0 Å². The van der Waals surface area contributed by atoms with E-state index >= 15 is 0 Å². The second-order valence-corrected chi connectivity index (χ2v) is 3.56. The lowest BCUT2D eigenvalue weighted by Crippen LogP contribution is -2.03. The smallest absolute Gasteiger partial charge is 0.192 e. The van der Waals surface area contributed by atoms with E-state index in [-0.39, 0.29) is 0 Å². The minimum atomic E-state index is 0.407. The summed E-state index contributed by atoms with van der Waals surface area (Å²) in [4.78, 5) is 0. The van der Waals surface area contributed by atoms with E-state index in [1.54, 1.807) is 18.2 Å². The molecule has 70 valence electrons. The first-order valence-electron chi connectivity index (χ1n) is 3.77. The van der Waals surface area contributed by atoms with Gasteiger partial charge in [0.2, 0.25) is 0 Å². The van der Waals surface area contributed by atoms with Crippen LogP contribution < -0.4 is 0 Å². The van der Waals surface area contributed by atoms with Gasteiger partial charge in [0.25, 0.3) is 0 Å². The van der Waals surface area contributed by atoms with Crippen LogP contribution in [-0.2, 0) is 4.74 Å². The average molecular weight is 235 g/mol. The van der Waals surface area contributed by atoms with E-state index in [4.69, 9.17) is 40.2 Å². The molecule has 0 amide bonds. The Balaban J connectivity index is 2.95. The number of hydrogen-bond acceptors (Lipinski definition) is 2. The lowest BCUT2D eigenvalue weighted by atomic mass is 10.2. The minimum absolute atomic E-state index is 0.407. The third-order valence-corrected chi connectivity index (χ3v) is 2.31. The molecule has 0 fully saturated rings. The summed E-state index contributed by atoms with van der Waals surface area (Å²) in [6.07, 6.45) is 0. The first-order chi connectivity index (χ1) is 6.15. The van der Waals surface area contributed by atoms with Crippen LogP contribution in [0.2, 0.25) is 10.0 Å². The first-order valence-corrected chi connectivity index (χ1v) is 4.93. The van der Waals surface area contributed by atoms with Crippen LogP contribution in [0, 0.1) is 0 Å². The highest BCUT2D eigenvalue weighted by atomic mass is 35.5. The van der Waals surface area contributed by atoms with Crippen molar-refractivity contribution in [2.24, 2.45) is 0 Å². The van der Waals surface area contributed by atoms with Gasteiger partial charge < -0.3 is 4.74 Å². The fourth-order valence-corrected chi connectivity index (χ4v) is 1.71. The van der Waals surface area contributed by atoms with Crippen LogP contribution in [0.1, 0.15) is 12.5 Å². The summed E-state index contributed by atoms with van der Waals surface area (Å²) < 4.78 is 5.15. The lowest BCUT2D eigenvalue weighted by molar-refractivity contribution is 0.337. The highest BCUT2D eigenvalue weighted by molar-refractivity contribution is 7.80. The SMILES string of the molecule is CCOC(=S)c1ccc(Cl)cc1Cl. The van der Waals surface area contributed by atoms with E-state index in [0.29, 0.717) is 27.3 Å². The van der Waals surface area contributed by atoms with Crippen LogP contribution in [0.25, 0.3) is 0 Å². The summed E-state index contributed by atoms with van der Waals surface area (Å²) >= 11 is 16.6. The van der Waals surface area contributed by atoms with Gasteiger partial charge in [0.05, 0.1) is 11.6 Å². The van der Waals surface area contributed by atoms with Crippen molar-refractivity contribution in [3.05, 3.63) is 33.8 Å². The van der Waals surface area contributed by atoms with Gasteiger partial charge in [0.1, 0.15) is 0 Å². The Morgan fingerprint density at radius 3 is 2.69 bits per heavy atom. The Morgan fingerprint density at radius 2 is 2.15 bits per heavy atom. The van der Waals surface area contributed by atoms with E-state index in [2.05, 4.69) is 0 Å². The molecule has 1 aromatic carbocycles. The molecular weight excluding hydrogens is 227 g/mol. The summed E-state index contributed by atoms with van der Waals surface area (Å²) in [5.74, 6) is 0. The van der Waals surface area contributed by atoms with E-state index in [0.717, 1.165) is 0 Å². The zero-order chi connectivity index (χ0) is 9.84. The fourth-order valence-electron chi connectivity index (χ4n) is 0.864. The Bertz CT molecular complexity index is 325. The average Bonchev–Trinajstić information content (AvgIpc) is 2.04. The zero-order valence-corrected chi connectivity index (χ0v) is 9.34. The Morgan fingerprint density at radius 1 is 1.46 bits per heavy atom. The van der Waals surface area contributed by atoms with Gasteiger partial charge in [-0.25, -0.2) is 0 Å². The topological polar surface area (TPSA) is 9.23 Å². The van der Waals surface area contributed by atoms with Crippen LogP contribution in [0.4, 0.5) is 0 Å². The van der Waals surface area contributed by atoms with Crippen LogP contribution in [0.3, 0.4) is 0 Å². The number of ether oxygens (including phenoxy) is 1. The third-order valence-electron chi connectivity index (χ3n) is 1.43. The summed E-state index contributed by atoms with van der Waals surface area (Å²) in [6.45, 7) is 2.41. The Kier molecular flexibility index (Phi) is 3.97. The predicted octanol–water partition coefficient (Wildman–Crippen LogP) is 3.71. The molecule has 0 aliphatic carbocycles. The van der Waals surface area contributed by atoms with Gasteiger partial charge in [-0.1, -0.05) is 23.2 Å². The molecule has 0 radical (unpaired) electrons. The maximum atomic E-state index is 5.91. The first kappa shape index (κ1) is 10.8. The van der Waals surface area contributed by atoms with Gasteiger partial charge >= 0.3 is 0 Å². The van der Waals surface area contributed by atoms with Crippen molar-refractivity contribution in [1.29, 1.82) is 0 Å². The van der Waals surface area contributed by atoms with Crippen LogP contribution in [0.5, 0.6) is 0 Å². The minimum Gasteiger partial charge on any atom is -0.483 e. The van der Waals surface area contributed by atoms with Crippen molar-refractivity contribution in [1.82, 2.24) is 0 Å². The number of hydrogen-bond donors (Lipinski definition) is 0. The maximum absolute atomic E-state index is 5.91. The molecule has 4 heteroatoms. The molecule has 0 saturated heterocycles. The molecule has 1 aromatic rings. The van der Waals surface area contributed by atoms with E-state index in [1.807, 2.05) is 6.92 Å². The maximum Gasteiger partial charge on any atom is 0.192 e. The van der Waals surface area contributed by atoms with Gasteiger partial charge in [0, 0.05) is 10.6 Å². The van der Waals surface area contributed by atoms with Gasteiger partial charge in [0.15, 0.2) is 5.05 Å². The monoisotopic (exact) mass is 234 g/mol. The molecule has 0 aromatic heterocycles. The zero-order valence-electron chi connectivity index (χ0n) is 7.01. The molecule has 13 heavy (non-hydrogen) atoms. The standard InChI is InChI=1S/C9H8Cl2OS/c1-2-12-9(13)7-4-3-6(10)5-8(7)11/h3-5H,2H2,1H3. The molecule has 0 atom stereocenters. The van der Waals surface area contributed by atoms with Crippen LogP contribution >= 0.6 is 35.4 Å². The molecule has 0 bridgehead atoms. The summed E-state index contributed by atoms with van der Waals surface area (Å²) in [5, 5.41) is 1.52. The van der Waals surface area contributed by atoms with E-state index in [1.165, 1.54) is 0 Å². The second-order valence-electron chi connectivity index (χ2n) is 2.34. The molecule has 0 heterocycles. The number of thiocarbonyl (C=S) groups is 1. The molecule has 0 N–H and O–H groups in total. The van der Waals surface area contributed by atoms with Crippen LogP contribution in [0.15, 0.2) is 18.2 Å². The predicted molar refractivity (Wildman–Crippen MR) is 59.8 cm³/mol. The van der Waals surface area contributed by atoms with Gasteiger partial charge in [-0.3, -0.25) is 0 Å². The van der Waals surface area contributed by atoms with Crippen molar-refractivity contribution in [2.75, 3.05) is 6.61 Å². The molecule has 0 saturated carbocycles. The second kappa shape index (κ2) is 4.80. The lowest BCUT2D eigenvalue weighted by Gasteiger charge is -2.06. The van der Waals surface area contributed by atoms with Crippen LogP contribution in [-0.4, -0.2) is 11.7 Å². The molecule has 0 aliphatic rings. The fraction of sp³-hybridized carbons (Fsp3) is 0.222. The molecule has 1 rings (SSSR count). The summed E-state index contributed by atoms with van der Waals surface area (Å²) in [6, 6.07) is 5.13. The highest BCUT2D eigenvalue weighted by Crippen LogP contribution is 2.21. The van der Waals surface area contributed by atoms with E-state index < -0.39 is 0 Å². The quantitative estimate of drug-likeness (QED) is 0.722. The van der Waals surface area contributed by atoms with Gasteiger partial charge in [-0.05, 0) is 37.3 Å². The molecule has 1 nitrogen and oxygen atoms in total. The Labute approximate surface area is 92.6 Å². The normalized spacial score (nSPS) is 9.77. The number of benzene rings is 1. The largest absolute Gasteiger partial charge is 0.483 e. The molecular formula is C9H8Cl2OS. The number of rotatable bonds is 2. The number of halogens is 2. The van der Waals surface area contributed by atoms with Crippen molar-refractivity contribution >= 4 is 40.5 Å². The van der Waals surface area contributed by atoms with Crippen molar-refractivity contribution in [3.63, 3.8) is 0 Å². The summed E-state index contributed by atoms with van der Waals surface area (Å²) in [7, 11) is 0. The third kappa shape index (κ3) is 2.83. The van der Waals surface area contributed by atoms with Crippen molar-refractivity contribution < 1.29 is 4.74 Å². The summed E-state index contributed by atoms with van der Waals surface area (Å²) in [5.41, 5.74) is 0.711. The molecule has 0 unspecified atom stereocenters. The molecule has 0 spiro atoms. The highest BCUT2D eigenvalue weighted by Gasteiger charge is 2.06. The van der Waals surface area contributed by atoms with Crippen molar-refractivity contribution in [2.45, 2.75) is 6.92 Å². The van der Waals surface area contributed by atoms with E-state index in [9.17, 15) is 0 Å². The Hall–Kier alpha value is -0.310.